The van der Waals surface area contributed by atoms with Crippen LogP contribution in [0.2, 0.25) is 0 Å². The Balaban J connectivity index is 3.27. The van der Waals surface area contributed by atoms with Gasteiger partial charge in [-0.2, -0.15) is 0 Å². The highest BCUT2D eigenvalue weighted by atomic mass is 79.9. The molecule has 0 amide bonds. The van der Waals surface area contributed by atoms with Gasteiger partial charge in [-0.25, -0.2) is 4.39 Å². The molecule has 0 unspecified atom stereocenters. The molecule has 14 heavy (non-hydrogen) atoms. The van der Waals surface area contributed by atoms with E-state index in [0.29, 0.717) is 18.5 Å². The second-order valence-electron chi connectivity index (χ2n) is 2.75. The zero-order chi connectivity index (χ0) is 10.7. The first-order valence-electron chi connectivity index (χ1n) is 4.05. The van der Waals surface area contributed by atoms with Crippen LogP contribution in [0.4, 0.5) is 4.39 Å². The number of aromatic hydroxyl groups is 1. The molecule has 5 heteroatoms. The fraction of sp³-hybridized carbons (Fsp3) is 0.333. The Bertz CT molecular complexity index is 344. The summed E-state index contributed by atoms with van der Waals surface area (Å²) < 4.78 is 18.3. The Morgan fingerprint density at radius 2 is 2.29 bits per heavy atom. The van der Waals surface area contributed by atoms with Crippen molar-refractivity contribution < 1.29 is 14.2 Å². The van der Waals surface area contributed by atoms with Crippen molar-refractivity contribution in [2.24, 2.45) is 5.73 Å². The van der Waals surface area contributed by atoms with E-state index in [4.69, 9.17) is 10.5 Å². The molecule has 0 aliphatic rings. The Kier molecular flexibility index (Phi) is 3.71. The minimum Gasteiger partial charge on any atom is -0.504 e. The van der Waals surface area contributed by atoms with E-state index in [0.717, 1.165) is 0 Å². The van der Waals surface area contributed by atoms with Gasteiger partial charge in [0.15, 0.2) is 17.3 Å². The largest absolute Gasteiger partial charge is 0.504 e. The van der Waals surface area contributed by atoms with Crippen LogP contribution in [0.1, 0.15) is 5.56 Å². The average molecular weight is 264 g/mol. The van der Waals surface area contributed by atoms with Gasteiger partial charge in [0, 0.05) is 5.56 Å². The van der Waals surface area contributed by atoms with E-state index in [9.17, 15) is 9.50 Å². The number of phenols is 1. The lowest BCUT2D eigenvalue weighted by atomic mass is 10.1. The van der Waals surface area contributed by atoms with E-state index < -0.39 is 5.82 Å². The summed E-state index contributed by atoms with van der Waals surface area (Å²) in [6.07, 6.45) is 0.473. The third-order valence-electron chi connectivity index (χ3n) is 1.85. The van der Waals surface area contributed by atoms with Crippen molar-refractivity contribution in [3.8, 4) is 11.5 Å². The Morgan fingerprint density at radius 3 is 2.79 bits per heavy atom. The standard InChI is InChI=1S/C9H11BrFNO2/c1-14-9-7(11)6(10)4-5(2-3-12)8(9)13/h4,13H,2-3,12H2,1H3. The van der Waals surface area contributed by atoms with Gasteiger partial charge in [-0.15, -0.1) is 0 Å². The summed E-state index contributed by atoms with van der Waals surface area (Å²) in [6, 6.07) is 1.50. The molecule has 0 saturated carbocycles. The van der Waals surface area contributed by atoms with Crippen LogP contribution < -0.4 is 10.5 Å². The van der Waals surface area contributed by atoms with Crippen molar-refractivity contribution in [3.05, 3.63) is 21.9 Å². The zero-order valence-corrected chi connectivity index (χ0v) is 9.27. The SMILES string of the molecule is COc1c(O)c(CCN)cc(Br)c1F. The molecule has 0 heterocycles. The minimum absolute atomic E-state index is 0.150. The first-order valence-corrected chi connectivity index (χ1v) is 4.85. The highest BCUT2D eigenvalue weighted by molar-refractivity contribution is 9.10. The lowest BCUT2D eigenvalue weighted by molar-refractivity contribution is 0.347. The van der Waals surface area contributed by atoms with E-state index >= 15 is 0 Å². The minimum atomic E-state index is -0.606. The number of rotatable bonds is 3. The van der Waals surface area contributed by atoms with Crippen LogP contribution in [0, 0.1) is 5.82 Å². The van der Waals surface area contributed by atoms with Crippen molar-refractivity contribution in [2.45, 2.75) is 6.42 Å². The van der Waals surface area contributed by atoms with Crippen molar-refractivity contribution in [2.75, 3.05) is 13.7 Å². The number of ether oxygens (including phenoxy) is 1. The molecule has 0 bridgehead atoms. The summed E-state index contributed by atoms with van der Waals surface area (Å²) >= 11 is 3.03. The molecule has 3 N–H and O–H groups in total. The molecule has 1 aromatic carbocycles. The maximum atomic E-state index is 13.3. The molecular formula is C9H11BrFNO2. The van der Waals surface area contributed by atoms with Crippen LogP contribution in [0.25, 0.3) is 0 Å². The molecule has 0 aliphatic carbocycles. The maximum absolute atomic E-state index is 13.3. The van der Waals surface area contributed by atoms with Crippen molar-refractivity contribution >= 4 is 15.9 Å². The summed E-state index contributed by atoms with van der Waals surface area (Å²) in [7, 11) is 1.30. The Morgan fingerprint density at radius 1 is 1.64 bits per heavy atom. The van der Waals surface area contributed by atoms with E-state index in [-0.39, 0.29) is 16.0 Å². The number of benzene rings is 1. The van der Waals surface area contributed by atoms with E-state index in [2.05, 4.69) is 15.9 Å². The first-order chi connectivity index (χ1) is 6.61. The molecule has 0 aromatic heterocycles. The van der Waals surface area contributed by atoms with Gasteiger partial charge < -0.3 is 15.6 Å². The zero-order valence-electron chi connectivity index (χ0n) is 7.68. The van der Waals surface area contributed by atoms with Crippen LogP contribution in [0.15, 0.2) is 10.5 Å². The van der Waals surface area contributed by atoms with Gasteiger partial charge in [0.1, 0.15) is 0 Å². The average Bonchev–Trinajstić information content (AvgIpc) is 2.16. The van der Waals surface area contributed by atoms with Crippen LogP contribution in [0.5, 0.6) is 11.5 Å². The van der Waals surface area contributed by atoms with Crippen LogP contribution >= 0.6 is 15.9 Å². The molecule has 3 nitrogen and oxygen atoms in total. The summed E-state index contributed by atoms with van der Waals surface area (Å²) in [5.41, 5.74) is 5.92. The molecule has 0 aliphatic heterocycles. The monoisotopic (exact) mass is 263 g/mol. The third-order valence-corrected chi connectivity index (χ3v) is 2.42. The quantitative estimate of drug-likeness (QED) is 0.875. The molecule has 1 rings (SSSR count). The van der Waals surface area contributed by atoms with E-state index in [1.165, 1.54) is 13.2 Å². The third kappa shape index (κ3) is 1.99. The van der Waals surface area contributed by atoms with E-state index in [1.807, 2.05) is 0 Å². The molecule has 0 spiro atoms. The van der Waals surface area contributed by atoms with Crippen LogP contribution in [-0.2, 0) is 6.42 Å². The normalized spacial score (nSPS) is 10.3. The van der Waals surface area contributed by atoms with Gasteiger partial charge in [-0.3, -0.25) is 0 Å². The molecule has 0 radical (unpaired) electrons. The van der Waals surface area contributed by atoms with Gasteiger partial charge in [0.25, 0.3) is 0 Å². The second kappa shape index (κ2) is 4.61. The summed E-state index contributed by atoms with van der Waals surface area (Å²) in [6.45, 7) is 0.384. The molecule has 0 atom stereocenters. The van der Waals surface area contributed by atoms with Crippen molar-refractivity contribution in [3.63, 3.8) is 0 Å². The molecule has 0 fully saturated rings. The number of hydrogen-bond acceptors (Lipinski definition) is 3. The van der Waals surface area contributed by atoms with Gasteiger partial charge in [0.2, 0.25) is 0 Å². The molecule has 0 saturated heterocycles. The van der Waals surface area contributed by atoms with E-state index in [1.54, 1.807) is 0 Å². The molecule has 1 aromatic rings. The number of phenolic OH excluding ortho intramolecular Hbond substituents is 1. The maximum Gasteiger partial charge on any atom is 0.198 e. The summed E-state index contributed by atoms with van der Waals surface area (Å²) in [4.78, 5) is 0. The smallest absolute Gasteiger partial charge is 0.198 e. The highest BCUT2D eigenvalue weighted by Gasteiger charge is 2.16. The Labute approximate surface area is 89.8 Å². The summed E-state index contributed by atoms with van der Waals surface area (Å²) in [5, 5.41) is 9.58. The van der Waals surface area contributed by atoms with Gasteiger partial charge >= 0.3 is 0 Å². The lowest BCUT2D eigenvalue weighted by Crippen LogP contribution is -2.04. The number of halogens is 2. The highest BCUT2D eigenvalue weighted by Crippen LogP contribution is 2.37. The Hall–Kier alpha value is -0.810. The van der Waals surface area contributed by atoms with Crippen molar-refractivity contribution in [1.29, 1.82) is 0 Å². The summed E-state index contributed by atoms with van der Waals surface area (Å²) in [5.74, 6) is -0.938. The van der Waals surface area contributed by atoms with Gasteiger partial charge in [0.05, 0.1) is 11.6 Å². The number of methoxy groups -OCH3 is 1. The van der Waals surface area contributed by atoms with Gasteiger partial charge in [-0.05, 0) is 35.0 Å². The first kappa shape index (κ1) is 11.3. The molecule has 78 valence electrons. The van der Waals surface area contributed by atoms with Crippen molar-refractivity contribution in [1.82, 2.24) is 0 Å². The topological polar surface area (TPSA) is 55.5 Å². The predicted octanol–water partition coefficient (Wildman–Crippen LogP) is 1.80. The van der Waals surface area contributed by atoms with Crippen LogP contribution in [-0.4, -0.2) is 18.8 Å². The fourth-order valence-electron chi connectivity index (χ4n) is 1.18. The second-order valence-corrected chi connectivity index (χ2v) is 3.61. The fourth-order valence-corrected chi connectivity index (χ4v) is 1.63. The molecular weight excluding hydrogens is 253 g/mol. The predicted molar refractivity (Wildman–Crippen MR) is 55.1 cm³/mol. The van der Waals surface area contributed by atoms with Gasteiger partial charge in [-0.1, -0.05) is 0 Å². The number of hydrogen-bond donors (Lipinski definition) is 2. The van der Waals surface area contributed by atoms with Crippen LogP contribution in [0.3, 0.4) is 0 Å². The number of nitrogens with two attached hydrogens (primary N) is 1. The lowest BCUT2D eigenvalue weighted by Gasteiger charge is -2.10.